The number of aromatic nitrogens is 2. The SMILES string of the molecule is CCCN(CC(=O)NCCc1ccccc1)Cc1nnc(-c2ccco2)o1. The van der Waals surface area contributed by atoms with E-state index in [1.165, 1.54) is 5.56 Å². The summed E-state index contributed by atoms with van der Waals surface area (Å²) in [7, 11) is 0. The lowest BCUT2D eigenvalue weighted by Gasteiger charge is -2.19. The highest BCUT2D eigenvalue weighted by Crippen LogP contribution is 2.18. The summed E-state index contributed by atoms with van der Waals surface area (Å²) < 4.78 is 10.9. The van der Waals surface area contributed by atoms with Gasteiger partial charge in [0.1, 0.15) is 0 Å². The van der Waals surface area contributed by atoms with Crippen LogP contribution in [0, 0.1) is 0 Å². The highest BCUT2D eigenvalue weighted by atomic mass is 16.4. The van der Waals surface area contributed by atoms with Gasteiger partial charge in [-0.1, -0.05) is 37.3 Å². The van der Waals surface area contributed by atoms with Crippen molar-refractivity contribution in [3.63, 3.8) is 0 Å². The van der Waals surface area contributed by atoms with Gasteiger partial charge in [-0.05, 0) is 37.1 Å². The van der Waals surface area contributed by atoms with Gasteiger partial charge in [0.25, 0.3) is 5.89 Å². The maximum atomic E-state index is 12.3. The van der Waals surface area contributed by atoms with Gasteiger partial charge >= 0.3 is 0 Å². The van der Waals surface area contributed by atoms with E-state index in [-0.39, 0.29) is 5.91 Å². The number of rotatable bonds is 10. The maximum Gasteiger partial charge on any atom is 0.283 e. The molecule has 0 saturated carbocycles. The maximum absolute atomic E-state index is 12.3. The minimum Gasteiger partial charge on any atom is -0.459 e. The number of hydrogen-bond acceptors (Lipinski definition) is 6. The summed E-state index contributed by atoms with van der Waals surface area (Å²) in [5.74, 6) is 1.34. The van der Waals surface area contributed by atoms with Gasteiger partial charge in [-0.15, -0.1) is 10.2 Å². The van der Waals surface area contributed by atoms with Gasteiger partial charge in [-0.3, -0.25) is 9.69 Å². The van der Waals surface area contributed by atoms with Gasteiger partial charge in [0, 0.05) is 6.54 Å². The first-order chi connectivity index (χ1) is 13.2. The van der Waals surface area contributed by atoms with E-state index in [4.69, 9.17) is 8.83 Å². The van der Waals surface area contributed by atoms with Crippen molar-refractivity contribution in [2.75, 3.05) is 19.6 Å². The van der Waals surface area contributed by atoms with E-state index in [0.29, 0.717) is 37.2 Å². The zero-order valence-corrected chi connectivity index (χ0v) is 15.4. The summed E-state index contributed by atoms with van der Waals surface area (Å²) in [6.45, 7) is 4.17. The normalized spacial score (nSPS) is 11.0. The molecule has 3 rings (SSSR count). The van der Waals surface area contributed by atoms with Crippen LogP contribution in [0.15, 0.2) is 57.6 Å². The van der Waals surface area contributed by atoms with Gasteiger partial charge in [-0.2, -0.15) is 0 Å². The van der Waals surface area contributed by atoms with Crippen LogP contribution in [0.2, 0.25) is 0 Å². The molecule has 1 aromatic carbocycles. The van der Waals surface area contributed by atoms with E-state index in [1.807, 2.05) is 23.1 Å². The zero-order valence-electron chi connectivity index (χ0n) is 15.4. The second kappa shape index (κ2) is 9.68. The Labute approximate surface area is 158 Å². The number of carbonyl (C=O) groups excluding carboxylic acids is 1. The van der Waals surface area contributed by atoms with Gasteiger partial charge < -0.3 is 14.2 Å². The Bertz CT molecular complexity index is 815. The number of carbonyl (C=O) groups is 1. The van der Waals surface area contributed by atoms with Gasteiger partial charge in [0.15, 0.2) is 5.76 Å². The average Bonchev–Trinajstić information content (AvgIpc) is 3.34. The number of furan rings is 1. The Morgan fingerprint density at radius 3 is 2.74 bits per heavy atom. The number of nitrogens with zero attached hydrogens (tertiary/aromatic N) is 3. The fourth-order valence-corrected chi connectivity index (χ4v) is 2.79. The summed E-state index contributed by atoms with van der Waals surface area (Å²) in [6.07, 6.45) is 3.30. The Kier molecular flexibility index (Phi) is 6.76. The first-order valence-corrected chi connectivity index (χ1v) is 9.14. The van der Waals surface area contributed by atoms with Crippen LogP contribution in [0.3, 0.4) is 0 Å². The summed E-state index contributed by atoms with van der Waals surface area (Å²) in [6, 6.07) is 13.6. The average molecular weight is 368 g/mol. The van der Waals surface area contributed by atoms with Crippen LogP contribution in [-0.2, 0) is 17.8 Å². The van der Waals surface area contributed by atoms with E-state index in [0.717, 1.165) is 19.4 Å². The second-order valence-corrected chi connectivity index (χ2v) is 6.27. The lowest BCUT2D eigenvalue weighted by Crippen LogP contribution is -2.38. The molecule has 1 N–H and O–H groups in total. The minimum absolute atomic E-state index is 0.00912. The van der Waals surface area contributed by atoms with Crippen LogP contribution in [-0.4, -0.2) is 40.6 Å². The molecule has 7 heteroatoms. The molecule has 0 radical (unpaired) electrons. The van der Waals surface area contributed by atoms with Crippen LogP contribution in [0.5, 0.6) is 0 Å². The van der Waals surface area contributed by atoms with Crippen molar-refractivity contribution in [2.24, 2.45) is 0 Å². The Balaban J connectivity index is 1.48. The number of hydrogen-bond donors (Lipinski definition) is 1. The van der Waals surface area contributed by atoms with Gasteiger partial charge in [-0.25, -0.2) is 0 Å². The molecule has 0 fully saturated rings. The van der Waals surface area contributed by atoms with Gasteiger partial charge in [0.2, 0.25) is 11.8 Å². The summed E-state index contributed by atoms with van der Waals surface area (Å²) in [5.41, 5.74) is 1.21. The molecule has 0 aliphatic rings. The smallest absolute Gasteiger partial charge is 0.283 e. The van der Waals surface area contributed by atoms with Crippen molar-refractivity contribution in [3.8, 4) is 11.7 Å². The van der Waals surface area contributed by atoms with Crippen molar-refractivity contribution in [1.29, 1.82) is 0 Å². The highest BCUT2D eigenvalue weighted by Gasteiger charge is 2.16. The Hall–Kier alpha value is -2.93. The number of nitrogens with one attached hydrogen (secondary N) is 1. The highest BCUT2D eigenvalue weighted by molar-refractivity contribution is 5.78. The molecule has 142 valence electrons. The van der Waals surface area contributed by atoms with Crippen LogP contribution >= 0.6 is 0 Å². The third kappa shape index (κ3) is 5.79. The van der Waals surface area contributed by atoms with E-state index >= 15 is 0 Å². The molecule has 0 spiro atoms. The first-order valence-electron chi connectivity index (χ1n) is 9.14. The molecule has 27 heavy (non-hydrogen) atoms. The number of amides is 1. The first kappa shape index (κ1) is 18.8. The predicted molar refractivity (Wildman–Crippen MR) is 101 cm³/mol. The monoisotopic (exact) mass is 368 g/mol. The summed E-state index contributed by atoms with van der Waals surface area (Å²) in [5, 5.41) is 11.0. The number of benzene rings is 1. The zero-order chi connectivity index (χ0) is 18.9. The van der Waals surface area contributed by atoms with Crippen molar-refractivity contribution >= 4 is 5.91 Å². The third-order valence-electron chi connectivity index (χ3n) is 4.04. The van der Waals surface area contributed by atoms with E-state index < -0.39 is 0 Å². The predicted octanol–water partition coefficient (Wildman–Crippen LogP) is 2.90. The molecule has 7 nitrogen and oxygen atoms in total. The molecule has 0 unspecified atom stereocenters. The molecule has 0 aliphatic carbocycles. The molecule has 3 aromatic rings. The molecule has 0 bridgehead atoms. The van der Waals surface area contributed by atoms with Crippen LogP contribution in [0.4, 0.5) is 0 Å². The topological polar surface area (TPSA) is 84.4 Å². The quantitative estimate of drug-likeness (QED) is 0.592. The van der Waals surface area contributed by atoms with Crippen LogP contribution in [0.25, 0.3) is 11.7 Å². The molecule has 2 heterocycles. The van der Waals surface area contributed by atoms with Crippen LogP contribution < -0.4 is 5.32 Å². The minimum atomic E-state index is -0.00912. The summed E-state index contributed by atoms with van der Waals surface area (Å²) in [4.78, 5) is 14.3. The Morgan fingerprint density at radius 1 is 1.15 bits per heavy atom. The summed E-state index contributed by atoms with van der Waals surface area (Å²) >= 11 is 0. The van der Waals surface area contributed by atoms with E-state index in [2.05, 4.69) is 34.6 Å². The largest absolute Gasteiger partial charge is 0.459 e. The van der Waals surface area contributed by atoms with Crippen molar-refractivity contribution in [1.82, 2.24) is 20.4 Å². The lowest BCUT2D eigenvalue weighted by molar-refractivity contribution is -0.122. The van der Waals surface area contributed by atoms with E-state index in [9.17, 15) is 4.79 Å². The van der Waals surface area contributed by atoms with Crippen molar-refractivity contribution in [3.05, 3.63) is 60.2 Å². The fraction of sp³-hybridized carbons (Fsp3) is 0.350. The molecular formula is C20H24N4O3. The standard InChI is InChI=1S/C20H24N4O3/c1-2-12-24(14-18(25)21-11-10-16-7-4-3-5-8-16)15-19-22-23-20(27-19)17-9-6-13-26-17/h3-9,13H,2,10-12,14-15H2,1H3,(H,21,25). The second-order valence-electron chi connectivity index (χ2n) is 6.27. The third-order valence-corrected chi connectivity index (χ3v) is 4.04. The molecule has 2 aromatic heterocycles. The van der Waals surface area contributed by atoms with E-state index in [1.54, 1.807) is 18.4 Å². The van der Waals surface area contributed by atoms with Gasteiger partial charge in [0.05, 0.1) is 19.4 Å². The lowest BCUT2D eigenvalue weighted by atomic mass is 10.1. The van der Waals surface area contributed by atoms with Crippen LogP contribution in [0.1, 0.15) is 24.8 Å². The molecule has 0 atom stereocenters. The molecule has 0 saturated heterocycles. The molecule has 0 aliphatic heterocycles. The van der Waals surface area contributed by atoms with Crippen molar-refractivity contribution < 1.29 is 13.6 Å². The molecular weight excluding hydrogens is 344 g/mol. The Morgan fingerprint density at radius 2 is 2.00 bits per heavy atom. The molecule has 1 amide bonds. The fourth-order valence-electron chi connectivity index (χ4n) is 2.79. The van der Waals surface area contributed by atoms with Crippen molar-refractivity contribution in [2.45, 2.75) is 26.3 Å².